The van der Waals surface area contributed by atoms with E-state index in [-0.39, 0.29) is 17.2 Å². The highest BCUT2D eigenvalue weighted by molar-refractivity contribution is 5.85. The summed E-state index contributed by atoms with van der Waals surface area (Å²) < 4.78 is 19.8. The number of hydrogen-bond donors (Lipinski definition) is 1. The Morgan fingerprint density at radius 3 is 2.68 bits per heavy atom. The lowest BCUT2D eigenvalue weighted by Crippen LogP contribution is -2.41. The van der Waals surface area contributed by atoms with Crippen molar-refractivity contribution in [2.24, 2.45) is 0 Å². The van der Waals surface area contributed by atoms with Crippen molar-refractivity contribution in [2.75, 3.05) is 11.9 Å². The van der Waals surface area contributed by atoms with Crippen LogP contribution in [-0.2, 0) is 0 Å². The number of halogens is 1. The zero-order chi connectivity index (χ0) is 19.8. The molecule has 2 heterocycles. The fraction of sp³-hybridized carbons (Fsp3) is 0.381. The van der Waals surface area contributed by atoms with Crippen molar-refractivity contribution in [3.63, 3.8) is 0 Å². The number of alkyl halides is 1. The minimum Gasteiger partial charge on any atom is -0.507 e. The highest BCUT2D eigenvalue weighted by Gasteiger charge is 2.29. The van der Waals surface area contributed by atoms with Crippen LogP contribution in [0.25, 0.3) is 22.2 Å². The van der Waals surface area contributed by atoms with E-state index in [9.17, 15) is 14.3 Å². The molecule has 1 N–H and O–H groups in total. The van der Waals surface area contributed by atoms with Crippen LogP contribution >= 0.6 is 0 Å². The van der Waals surface area contributed by atoms with Gasteiger partial charge in [-0.3, -0.25) is 4.79 Å². The predicted octanol–water partition coefficient (Wildman–Crippen LogP) is 3.98. The Morgan fingerprint density at radius 1 is 1.18 bits per heavy atom. The summed E-state index contributed by atoms with van der Waals surface area (Å²) in [4.78, 5) is 13.9. The van der Waals surface area contributed by atoms with Gasteiger partial charge in [0, 0.05) is 18.7 Å². The number of anilines is 1. The molecule has 0 amide bonds. The SMILES string of the molecule is Cc1cc(=O)c2cc(O)c(-c3ccc(N(C)[C@H]4CCCC[C@H]4F)nn3)cc2o1. The van der Waals surface area contributed by atoms with Gasteiger partial charge in [0.05, 0.1) is 17.1 Å². The standard InChI is InChI=1S/C21H22FN3O3/c1-12-9-18(26)14-10-19(27)13(11-20(14)28-12)16-7-8-21(24-23-16)25(2)17-6-4-3-5-15(17)22/h7-11,15,17,27H,3-6H2,1-2H3/t15-,17+/m1/s1. The number of nitrogens with zero attached hydrogens (tertiary/aromatic N) is 3. The molecule has 2 atom stereocenters. The van der Waals surface area contributed by atoms with Crippen molar-refractivity contribution in [3.05, 3.63) is 46.3 Å². The van der Waals surface area contributed by atoms with Gasteiger partial charge in [-0.05, 0) is 44.0 Å². The monoisotopic (exact) mass is 383 g/mol. The molecule has 1 aliphatic rings. The van der Waals surface area contributed by atoms with Crippen LogP contribution in [0.2, 0.25) is 0 Å². The van der Waals surface area contributed by atoms with Crippen molar-refractivity contribution in [1.82, 2.24) is 10.2 Å². The van der Waals surface area contributed by atoms with Crippen LogP contribution < -0.4 is 10.3 Å². The van der Waals surface area contributed by atoms with Gasteiger partial charge in [-0.1, -0.05) is 12.8 Å². The molecule has 1 fully saturated rings. The van der Waals surface area contributed by atoms with Crippen molar-refractivity contribution in [2.45, 2.75) is 44.8 Å². The van der Waals surface area contributed by atoms with E-state index in [1.807, 2.05) is 11.9 Å². The smallest absolute Gasteiger partial charge is 0.193 e. The largest absolute Gasteiger partial charge is 0.507 e. The van der Waals surface area contributed by atoms with E-state index in [4.69, 9.17) is 4.42 Å². The van der Waals surface area contributed by atoms with Gasteiger partial charge < -0.3 is 14.4 Å². The van der Waals surface area contributed by atoms with E-state index in [0.717, 1.165) is 19.3 Å². The van der Waals surface area contributed by atoms with E-state index in [0.29, 0.717) is 40.2 Å². The van der Waals surface area contributed by atoms with E-state index < -0.39 is 6.17 Å². The number of benzene rings is 1. The Hall–Kier alpha value is -2.96. The lowest BCUT2D eigenvalue weighted by Gasteiger charge is -2.34. The van der Waals surface area contributed by atoms with Crippen LogP contribution in [0.1, 0.15) is 31.4 Å². The second-order valence-electron chi connectivity index (χ2n) is 7.34. The predicted molar refractivity (Wildman–Crippen MR) is 105 cm³/mol. The summed E-state index contributed by atoms with van der Waals surface area (Å²) in [5.74, 6) is 1.00. The number of fused-ring (bicyclic) bond motifs is 1. The van der Waals surface area contributed by atoms with Gasteiger partial charge >= 0.3 is 0 Å². The summed E-state index contributed by atoms with van der Waals surface area (Å²) in [6.45, 7) is 1.70. The van der Waals surface area contributed by atoms with Crippen molar-refractivity contribution < 1.29 is 13.9 Å². The highest BCUT2D eigenvalue weighted by Crippen LogP contribution is 2.32. The van der Waals surface area contributed by atoms with Crippen LogP contribution in [0.4, 0.5) is 10.2 Å². The summed E-state index contributed by atoms with van der Waals surface area (Å²) in [5, 5.41) is 19.1. The molecule has 0 bridgehead atoms. The van der Waals surface area contributed by atoms with E-state index in [1.54, 1.807) is 25.1 Å². The molecule has 1 saturated carbocycles. The Kier molecular flexibility index (Phi) is 4.75. The van der Waals surface area contributed by atoms with Crippen molar-refractivity contribution >= 4 is 16.8 Å². The maximum Gasteiger partial charge on any atom is 0.193 e. The van der Waals surface area contributed by atoms with Crippen LogP contribution in [0.5, 0.6) is 5.75 Å². The Bertz CT molecular complexity index is 1060. The number of phenolic OH excluding ortho intramolecular Hbond substituents is 1. The van der Waals surface area contributed by atoms with E-state index >= 15 is 0 Å². The number of rotatable bonds is 3. The molecule has 2 aromatic heterocycles. The minimum absolute atomic E-state index is 0.0739. The third-order valence-corrected chi connectivity index (χ3v) is 5.40. The maximum atomic E-state index is 14.2. The first-order valence-corrected chi connectivity index (χ1v) is 9.42. The molecule has 0 unspecified atom stereocenters. The lowest BCUT2D eigenvalue weighted by atomic mass is 9.92. The zero-order valence-electron chi connectivity index (χ0n) is 15.9. The molecule has 0 radical (unpaired) electrons. The quantitative estimate of drug-likeness (QED) is 0.737. The topological polar surface area (TPSA) is 79.5 Å². The summed E-state index contributed by atoms with van der Waals surface area (Å²) in [5.41, 5.74) is 1.03. The molecule has 1 aliphatic carbocycles. The Morgan fingerprint density at radius 2 is 1.96 bits per heavy atom. The molecule has 3 aromatic rings. The number of hydrogen-bond acceptors (Lipinski definition) is 6. The molecule has 4 rings (SSSR count). The molecular formula is C21H22FN3O3. The summed E-state index contributed by atoms with van der Waals surface area (Å²) in [7, 11) is 1.83. The first kappa shape index (κ1) is 18.4. The van der Waals surface area contributed by atoms with Crippen molar-refractivity contribution in [1.29, 1.82) is 0 Å². The first-order chi connectivity index (χ1) is 13.4. The van der Waals surface area contributed by atoms with Gasteiger partial charge in [0.1, 0.15) is 23.3 Å². The second kappa shape index (κ2) is 7.22. The van der Waals surface area contributed by atoms with Gasteiger partial charge in [-0.2, -0.15) is 0 Å². The third kappa shape index (κ3) is 3.32. The highest BCUT2D eigenvalue weighted by atomic mass is 19.1. The van der Waals surface area contributed by atoms with Crippen LogP contribution in [0.15, 0.2) is 39.5 Å². The molecule has 7 heteroatoms. The van der Waals surface area contributed by atoms with Crippen LogP contribution in [0, 0.1) is 6.92 Å². The third-order valence-electron chi connectivity index (χ3n) is 5.40. The van der Waals surface area contributed by atoms with Crippen molar-refractivity contribution in [3.8, 4) is 17.0 Å². The van der Waals surface area contributed by atoms with Crippen LogP contribution in [0.3, 0.4) is 0 Å². The van der Waals surface area contributed by atoms with Gasteiger partial charge in [0.2, 0.25) is 0 Å². The summed E-state index contributed by atoms with van der Waals surface area (Å²) in [6.07, 6.45) is 2.45. The molecule has 0 saturated heterocycles. The molecule has 6 nitrogen and oxygen atoms in total. The summed E-state index contributed by atoms with van der Waals surface area (Å²) >= 11 is 0. The fourth-order valence-electron chi connectivity index (χ4n) is 3.85. The maximum absolute atomic E-state index is 14.2. The number of aryl methyl sites for hydroxylation is 1. The number of phenols is 1. The van der Waals surface area contributed by atoms with Crippen LogP contribution in [-0.4, -0.2) is 34.6 Å². The second-order valence-corrected chi connectivity index (χ2v) is 7.34. The molecular weight excluding hydrogens is 361 g/mol. The van der Waals surface area contributed by atoms with E-state index in [1.165, 1.54) is 12.1 Å². The molecule has 28 heavy (non-hydrogen) atoms. The number of aromatic hydroxyl groups is 1. The van der Waals surface area contributed by atoms with Gasteiger partial charge in [0.15, 0.2) is 11.2 Å². The molecule has 0 aliphatic heterocycles. The fourth-order valence-corrected chi connectivity index (χ4v) is 3.85. The molecule has 1 aromatic carbocycles. The lowest BCUT2D eigenvalue weighted by molar-refractivity contribution is 0.213. The average Bonchev–Trinajstić information content (AvgIpc) is 2.68. The normalized spacial score (nSPS) is 19.7. The Labute approximate surface area is 161 Å². The van der Waals surface area contributed by atoms with Gasteiger partial charge in [-0.25, -0.2) is 4.39 Å². The zero-order valence-corrected chi connectivity index (χ0v) is 15.9. The van der Waals surface area contributed by atoms with E-state index in [2.05, 4.69) is 10.2 Å². The van der Waals surface area contributed by atoms with Gasteiger partial charge in [0.25, 0.3) is 0 Å². The first-order valence-electron chi connectivity index (χ1n) is 9.42. The average molecular weight is 383 g/mol. The Balaban J connectivity index is 1.67. The molecule has 0 spiro atoms. The molecule has 146 valence electrons. The minimum atomic E-state index is -0.865. The van der Waals surface area contributed by atoms with Gasteiger partial charge in [-0.15, -0.1) is 10.2 Å². The number of aromatic nitrogens is 2. The summed E-state index contributed by atoms with van der Waals surface area (Å²) in [6, 6.07) is 7.65.